The van der Waals surface area contributed by atoms with Crippen LogP contribution in [0.1, 0.15) is 38.7 Å². The molecule has 3 heteroatoms. The normalized spacial score (nSPS) is 12.7. The highest BCUT2D eigenvalue weighted by Crippen LogP contribution is 2.26. The van der Waals surface area contributed by atoms with Gasteiger partial charge >= 0.3 is 0 Å². The van der Waals surface area contributed by atoms with Gasteiger partial charge in [0.05, 0.1) is 10.0 Å². The quantitative estimate of drug-likeness (QED) is 0.759. The molecule has 1 aromatic rings. The molecule has 0 fully saturated rings. The van der Waals surface area contributed by atoms with Gasteiger partial charge in [-0.3, -0.25) is 0 Å². The maximum Gasteiger partial charge on any atom is 0.0624 e. The molecule has 0 saturated carbocycles. The highest BCUT2D eigenvalue weighted by Gasteiger charge is 2.11. The van der Waals surface area contributed by atoms with Crippen molar-refractivity contribution in [2.24, 2.45) is 0 Å². The Kier molecular flexibility index (Phi) is 6.94. The standard InChI is InChI=1S/C14H21Cl2N/c1-3-6-12(17-9-4-2)10-11-7-5-8-13(15)14(11)16/h5,7-8,12,17H,3-4,6,9-10H2,1-2H3. The second-order valence-corrected chi connectivity index (χ2v) is 5.14. The molecule has 96 valence electrons. The highest BCUT2D eigenvalue weighted by atomic mass is 35.5. The highest BCUT2D eigenvalue weighted by molar-refractivity contribution is 6.42. The Bertz CT molecular complexity index is 339. The van der Waals surface area contributed by atoms with E-state index in [0.29, 0.717) is 16.1 Å². The summed E-state index contributed by atoms with van der Waals surface area (Å²) in [4.78, 5) is 0. The Hall–Kier alpha value is -0.240. The van der Waals surface area contributed by atoms with Crippen molar-refractivity contribution >= 4 is 23.2 Å². The van der Waals surface area contributed by atoms with Gasteiger partial charge in [0.15, 0.2) is 0 Å². The number of halogens is 2. The molecule has 17 heavy (non-hydrogen) atoms. The van der Waals surface area contributed by atoms with Crippen LogP contribution in [0.5, 0.6) is 0 Å². The van der Waals surface area contributed by atoms with E-state index >= 15 is 0 Å². The fourth-order valence-corrected chi connectivity index (χ4v) is 2.34. The van der Waals surface area contributed by atoms with Crippen LogP contribution in [0, 0.1) is 0 Å². The third-order valence-electron chi connectivity index (χ3n) is 2.82. The molecule has 1 aromatic carbocycles. The van der Waals surface area contributed by atoms with Gasteiger partial charge in [0, 0.05) is 6.04 Å². The van der Waals surface area contributed by atoms with Crippen LogP contribution in [-0.2, 0) is 6.42 Å². The van der Waals surface area contributed by atoms with Gasteiger partial charge in [-0.2, -0.15) is 0 Å². The minimum atomic E-state index is 0.496. The van der Waals surface area contributed by atoms with Crippen molar-refractivity contribution in [3.8, 4) is 0 Å². The van der Waals surface area contributed by atoms with Gasteiger partial charge in [0.2, 0.25) is 0 Å². The molecular weight excluding hydrogens is 253 g/mol. The zero-order chi connectivity index (χ0) is 12.7. The molecule has 1 unspecified atom stereocenters. The van der Waals surface area contributed by atoms with E-state index in [2.05, 4.69) is 25.2 Å². The van der Waals surface area contributed by atoms with E-state index in [1.165, 1.54) is 12.8 Å². The second kappa shape index (κ2) is 7.97. The minimum Gasteiger partial charge on any atom is -0.314 e. The smallest absolute Gasteiger partial charge is 0.0624 e. The molecule has 0 aliphatic carbocycles. The molecule has 1 nitrogen and oxygen atoms in total. The summed E-state index contributed by atoms with van der Waals surface area (Å²) in [5.74, 6) is 0. The van der Waals surface area contributed by atoms with Crippen LogP contribution < -0.4 is 5.32 Å². The van der Waals surface area contributed by atoms with Gasteiger partial charge in [-0.1, -0.05) is 55.6 Å². The molecule has 0 spiro atoms. The Morgan fingerprint density at radius 3 is 2.59 bits per heavy atom. The summed E-state index contributed by atoms with van der Waals surface area (Å²) in [6.45, 7) is 5.45. The van der Waals surface area contributed by atoms with E-state index in [1.54, 1.807) is 0 Å². The van der Waals surface area contributed by atoms with Crippen molar-refractivity contribution in [2.45, 2.75) is 45.6 Å². The first kappa shape index (κ1) is 14.8. The van der Waals surface area contributed by atoms with Crippen molar-refractivity contribution in [2.75, 3.05) is 6.54 Å². The average Bonchev–Trinajstić information content (AvgIpc) is 2.32. The number of nitrogens with one attached hydrogen (secondary N) is 1. The largest absolute Gasteiger partial charge is 0.314 e. The summed E-state index contributed by atoms with van der Waals surface area (Å²) in [5, 5.41) is 4.91. The van der Waals surface area contributed by atoms with Crippen molar-refractivity contribution in [3.63, 3.8) is 0 Å². The fourth-order valence-electron chi connectivity index (χ4n) is 1.94. The molecule has 0 aliphatic rings. The Balaban J connectivity index is 2.67. The summed E-state index contributed by atoms with van der Waals surface area (Å²) >= 11 is 12.2. The molecule has 0 aromatic heterocycles. The number of rotatable bonds is 7. The summed E-state index contributed by atoms with van der Waals surface area (Å²) in [5.41, 5.74) is 1.14. The minimum absolute atomic E-state index is 0.496. The molecule has 1 atom stereocenters. The Morgan fingerprint density at radius 2 is 1.94 bits per heavy atom. The Labute approximate surface area is 115 Å². The van der Waals surface area contributed by atoms with Gasteiger partial charge in [-0.05, 0) is 37.4 Å². The van der Waals surface area contributed by atoms with E-state index in [4.69, 9.17) is 23.2 Å². The molecule has 0 heterocycles. The van der Waals surface area contributed by atoms with Crippen LogP contribution in [0.4, 0.5) is 0 Å². The third-order valence-corrected chi connectivity index (χ3v) is 3.68. The molecule has 0 bridgehead atoms. The average molecular weight is 274 g/mol. The predicted molar refractivity (Wildman–Crippen MR) is 77.2 cm³/mol. The third kappa shape index (κ3) is 4.87. The molecule has 0 aliphatic heterocycles. The molecular formula is C14H21Cl2N. The topological polar surface area (TPSA) is 12.0 Å². The summed E-state index contributed by atoms with van der Waals surface area (Å²) in [6, 6.07) is 6.36. The van der Waals surface area contributed by atoms with Crippen LogP contribution in [0.25, 0.3) is 0 Å². The van der Waals surface area contributed by atoms with Crippen molar-refractivity contribution in [1.29, 1.82) is 0 Å². The maximum absolute atomic E-state index is 6.21. The summed E-state index contributed by atoms with van der Waals surface area (Å²) in [6.07, 6.45) is 4.46. The summed E-state index contributed by atoms with van der Waals surface area (Å²) in [7, 11) is 0. The van der Waals surface area contributed by atoms with Gasteiger partial charge in [0.1, 0.15) is 0 Å². The first-order valence-corrected chi connectivity index (χ1v) is 7.10. The van der Waals surface area contributed by atoms with Crippen molar-refractivity contribution in [1.82, 2.24) is 5.32 Å². The molecule has 1 rings (SSSR count). The summed E-state index contributed by atoms with van der Waals surface area (Å²) < 4.78 is 0. The first-order valence-electron chi connectivity index (χ1n) is 6.35. The van der Waals surface area contributed by atoms with Crippen LogP contribution in [-0.4, -0.2) is 12.6 Å². The molecule has 1 N–H and O–H groups in total. The lowest BCUT2D eigenvalue weighted by Gasteiger charge is -2.18. The van der Waals surface area contributed by atoms with Crippen LogP contribution >= 0.6 is 23.2 Å². The lowest BCUT2D eigenvalue weighted by molar-refractivity contribution is 0.473. The lowest BCUT2D eigenvalue weighted by atomic mass is 10.0. The predicted octanol–water partition coefficient (Wildman–Crippen LogP) is 4.70. The van der Waals surface area contributed by atoms with E-state index in [-0.39, 0.29) is 0 Å². The maximum atomic E-state index is 6.21. The first-order chi connectivity index (χ1) is 8.19. The zero-order valence-corrected chi connectivity index (χ0v) is 12.1. The number of hydrogen-bond acceptors (Lipinski definition) is 1. The number of benzene rings is 1. The molecule has 0 saturated heterocycles. The van der Waals surface area contributed by atoms with Gasteiger partial charge in [0.25, 0.3) is 0 Å². The SMILES string of the molecule is CCCNC(CCC)Cc1cccc(Cl)c1Cl. The van der Waals surface area contributed by atoms with E-state index < -0.39 is 0 Å². The van der Waals surface area contributed by atoms with Crippen LogP contribution in [0.15, 0.2) is 18.2 Å². The van der Waals surface area contributed by atoms with E-state index in [1.807, 2.05) is 12.1 Å². The monoisotopic (exact) mass is 273 g/mol. The van der Waals surface area contributed by atoms with Gasteiger partial charge in [-0.25, -0.2) is 0 Å². The van der Waals surface area contributed by atoms with E-state index in [9.17, 15) is 0 Å². The lowest BCUT2D eigenvalue weighted by Crippen LogP contribution is -2.31. The van der Waals surface area contributed by atoms with Crippen LogP contribution in [0.3, 0.4) is 0 Å². The second-order valence-electron chi connectivity index (χ2n) is 4.36. The van der Waals surface area contributed by atoms with Crippen LogP contribution in [0.2, 0.25) is 10.0 Å². The van der Waals surface area contributed by atoms with Crippen molar-refractivity contribution in [3.05, 3.63) is 33.8 Å². The molecule has 0 amide bonds. The van der Waals surface area contributed by atoms with Crippen molar-refractivity contribution < 1.29 is 0 Å². The Morgan fingerprint density at radius 1 is 1.18 bits per heavy atom. The number of hydrogen-bond donors (Lipinski definition) is 1. The molecule has 0 radical (unpaired) electrons. The van der Waals surface area contributed by atoms with E-state index in [0.717, 1.165) is 24.9 Å². The van der Waals surface area contributed by atoms with Gasteiger partial charge < -0.3 is 5.32 Å². The van der Waals surface area contributed by atoms with Gasteiger partial charge in [-0.15, -0.1) is 0 Å². The zero-order valence-electron chi connectivity index (χ0n) is 10.6. The fraction of sp³-hybridized carbons (Fsp3) is 0.571.